The predicted molar refractivity (Wildman–Crippen MR) is 77.6 cm³/mol. The molecule has 7 nitrogen and oxygen atoms in total. The van der Waals surface area contributed by atoms with Gasteiger partial charge in [-0.05, 0) is 17.7 Å². The average molecular weight is 284 g/mol. The molecule has 0 fully saturated rings. The van der Waals surface area contributed by atoms with E-state index >= 15 is 0 Å². The Morgan fingerprint density at radius 2 is 2.14 bits per heavy atom. The molecule has 0 unspecified atom stereocenters. The summed E-state index contributed by atoms with van der Waals surface area (Å²) in [4.78, 5) is 14.8. The summed E-state index contributed by atoms with van der Waals surface area (Å²) in [5.41, 5.74) is 8.41. The number of fused-ring (bicyclic) bond motifs is 1. The number of hydrogen-bond acceptors (Lipinski definition) is 5. The minimum absolute atomic E-state index is 0.0139. The van der Waals surface area contributed by atoms with Gasteiger partial charge in [0.25, 0.3) is 5.69 Å². The van der Waals surface area contributed by atoms with Gasteiger partial charge in [-0.2, -0.15) is 0 Å². The molecule has 0 aliphatic rings. The molecule has 0 aliphatic heterocycles. The summed E-state index contributed by atoms with van der Waals surface area (Å²) < 4.78 is 1.67. The van der Waals surface area contributed by atoms with E-state index in [-0.39, 0.29) is 12.3 Å². The van der Waals surface area contributed by atoms with Gasteiger partial charge >= 0.3 is 0 Å². The number of nitrogens with two attached hydrogens (primary N) is 1. The Kier molecular flexibility index (Phi) is 3.03. The number of aliphatic hydroxyl groups excluding tert-OH is 1. The van der Waals surface area contributed by atoms with Crippen LogP contribution in [0.5, 0.6) is 0 Å². The lowest BCUT2D eigenvalue weighted by molar-refractivity contribution is -0.384. The SMILES string of the molecule is Nc1c(-c2cccc([N+](=O)[O-])c2)nc2cc(CO)ccn12. The molecule has 0 aliphatic carbocycles. The van der Waals surface area contributed by atoms with Crippen LogP contribution in [0.1, 0.15) is 5.56 Å². The first-order valence-corrected chi connectivity index (χ1v) is 6.22. The third kappa shape index (κ3) is 2.19. The average Bonchev–Trinajstić information content (AvgIpc) is 2.84. The summed E-state index contributed by atoms with van der Waals surface area (Å²) in [6.45, 7) is -0.0879. The Balaban J connectivity index is 2.18. The van der Waals surface area contributed by atoms with Gasteiger partial charge in [-0.1, -0.05) is 12.1 Å². The summed E-state index contributed by atoms with van der Waals surface area (Å²) in [6.07, 6.45) is 1.71. The third-order valence-corrected chi connectivity index (χ3v) is 3.24. The summed E-state index contributed by atoms with van der Waals surface area (Å²) in [5, 5.41) is 20.0. The minimum Gasteiger partial charge on any atom is -0.392 e. The second-order valence-corrected chi connectivity index (χ2v) is 4.57. The second kappa shape index (κ2) is 4.88. The quantitative estimate of drug-likeness (QED) is 0.565. The molecule has 1 aromatic carbocycles. The van der Waals surface area contributed by atoms with Crippen molar-refractivity contribution in [3.05, 3.63) is 58.3 Å². The maximum absolute atomic E-state index is 10.8. The molecule has 3 N–H and O–H groups in total. The first-order valence-electron chi connectivity index (χ1n) is 6.22. The van der Waals surface area contributed by atoms with Crippen molar-refractivity contribution in [1.82, 2.24) is 9.38 Å². The molecular weight excluding hydrogens is 272 g/mol. The van der Waals surface area contributed by atoms with E-state index in [0.29, 0.717) is 22.7 Å². The molecule has 21 heavy (non-hydrogen) atoms. The highest BCUT2D eigenvalue weighted by Gasteiger charge is 2.14. The van der Waals surface area contributed by atoms with Crippen LogP contribution in [0.4, 0.5) is 11.5 Å². The lowest BCUT2D eigenvalue weighted by Gasteiger charge is -2.00. The standard InChI is InChI=1S/C14H12N4O3/c15-14-13(10-2-1-3-11(7-10)18(20)21)16-12-6-9(8-19)4-5-17(12)14/h1-7,19H,8,15H2. The Morgan fingerprint density at radius 3 is 2.86 bits per heavy atom. The Morgan fingerprint density at radius 1 is 1.33 bits per heavy atom. The summed E-state index contributed by atoms with van der Waals surface area (Å²) in [6, 6.07) is 9.62. The summed E-state index contributed by atoms with van der Waals surface area (Å²) in [5.74, 6) is 0.398. The molecule has 0 saturated heterocycles. The van der Waals surface area contributed by atoms with Gasteiger partial charge in [0.2, 0.25) is 0 Å². The smallest absolute Gasteiger partial charge is 0.270 e. The molecule has 0 radical (unpaired) electrons. The van der Waals surface area contributed by atoms with E-state index in [4.69, 9.17) is 10.8 Å². The van der Waals surface area contributed by atoms with Crippen LogP contribution in [0, 0.1) is 10.1 Å². The molecule has 3 rings (SSSR count). The highest BCUT2D eigenvalue weighted by molar-refractivity contribution is 5.76. The van der Waals surface area contributed by atoms with Gasteiger partial charge in [-0.15, -0.1) is 0 Å². The number of aromatic nitrogens is 2. The molecule has 2 heterocycles. The second-order valence-electron chi connectivity index (χ2n) is 4.57. The maximum atomic E-state index is 10.8. The number of aliphatic hydroxyl groups is 1. The van der Waals surface area contributed by atoms with Crippen LogP contribution in [0.2, 0.25) is 0 Å². The molecular formula is C14H12N4O3. The van der Waals surface area contributed by atoms with E-state index in [1.165, 1.54) is 12.1 Å². The fourth-order valence-corrected chi connectivity index (χ4v) is 2.18. The number of nitro benzene ring substituents is 1. The van der Waals surface area contributed by atoms with Crippen LogP contribution in [0.3, 0.4) is 0 Å². The summed E-state index contributed by atoms with van der Waals surface area (Å²) in [7, 11) is 0. The minimum atomic E-state index is -0.459. The molecule has 0 atom stereocenters. The van der Waals surface area contributed by atoms with Gasteiger partial charge in [-0.25, -0.2) is 4.98 Å². The predicted octanol–water partition coefficient (Wildman–Crippen LogP) is 1.98. The molecule has 106 valence electrons. The van der Waals surface area contributed by atoms with E-state index in [0.717, 1.165) is 5.56 Å². The highest BCUT2D eigenvalue weighted by atomic mass is 16.6. The number of benzene rings is 1. The van der Waals surface area contributed by atoms with Crippen LogP contribution >= 0.6 is 0 Å². The van der Waals surface area contributed by atoms with Crippen LogP contribution in [0.15, 0.2) is 42.6 Å². The van der Waals surface area contributed by atoms with Crippen LogP contribution in [-0.2, 0) is 6.61 Å². The summed E-state index contributed by atoms with van der Waals surface area (Å²) >= 11 is 0. The van der Waals surface area contributed by atoms with E-state index in [2.05, 4.69) is 4.98 Å². The van der Waals surface area contributed by atoms with Crippen molar-refractivity contribution in [1.29, 1.82) is 0 Å². The third-order valence-electron chi connectivity index (χ3n) is 3.24. The van der Waals surface area contributed by atoms with E-state index in [1.807, 2.05) is 0 Å². The van der Waals surface area contributed by atoms with Gasteiger partial charge < -0.3 is 10.8 Å². The van der Waals surface area contributed by atoms with Crippen molar-refractivity contribution in [2.75, 3.05) is 5.73 Å². The fourth-order valence-electron chi connectivity index (χ4n) is 2.18. The van der Waals surface area contributed by atoms with Gasteiger partial charge in [0.15, 0.2) is 0 Å². The number of rotatable bonds is 3. The monoisotopic (exact) mass is 284 g/mol. The molecule has 2 aromatic heterocycles. The normalized spacial score (nSPS) is 10.9. The number of non-ortho nitro benzene ring substituents is 1. The molecule has 0 spiro atoms. The lowest BCUT2D eigenvalue weighted by Crippen LogP contribution is -1.95. The Bertz CT molecular complexity index is 841. The number of nitrogen functional groups attached to an aromatic ring is 1. The van der Waals surface area contributed by atoms with Gasteiger partial charge in [-0.3, -0.25) is 14.5 Å². The zero-order valence-corrected chi connectivity index (χ0v) is 10.9. The Hall–Kier alpha value is -2.93. The van der Waals surface area contributed by atoms with Crippen molar-refractivity contribution < 1.29 is 10.0 Å². The van der Waals surface area contributed by atoms with Crippen molar-refractivity contribution in [3.8, 4) is 11.3 Å². The first-order chi connectivity index (χ1) is 10.1. The number of hydrogen-bond donors (Lipinski definition) is 2. The van der Waals surface area contributed by atoms with Gasteiger partial charge in [0.05, 0.1) is 11.5 Å². The molecule has 7 heteroatoms. The lowest BCUT2D eigenvalue weighted by atomic mass is 10.1. The van der Waals surface area contributed by atoms with E-state index < -0.39 is 4.92 Å². The van der Waals surface area contributed by atoms with E-state index in [1.54, 1.807) is 34.9 Å². The van der Waals surface area contributed by atoms with Crippen LogP contribution in [0.25, 0.3) is 16.9 Å². The van der Waals surface area contributed by atoms with Crippen LogP contribution in [-0.4, -0.2) is 19.4 Å². The van der Waals surface area contributed by atoms with Crippen molar-refractivity contribution in [2.45, 2.75) is 6.61 Å². The molecule has 0 bridgehead atoms. The van der Waals surface area contributed by atoms with Gasteiger partial charge in [0, 0.05) is 23.9 Å². The number of imidazole rings is 1. The molecule has 3 aromatic rings. The zero-order valence-electron chi connectivity index (χ0n) is 10.9. The molecule has 0 amide bonds. The largest absolute Gasteiger partial charge is 0.392 e. The Labute approximate surface area is 119 Å². The maximum Gasteiger partial charge on any atom is 0.270 e. The molecule has 0 saturated carbocycles. The highest BCUT2D eigenvalue weighted by Crippen LogP contribution is 2.29. The fraction of sp³-hybridized carbons (Fsp3) is 0.0714. The van der Waals surface area contributed by atoms with Crippen molar-refractivity contribution >= 4 is 17.2 Å². The van der Waals surface area contributed by atoms with Gasteiger partial charge in [0.1, 0.15) is 17.2 Å². The first kappa shape index (κ1) is 13.1. The van der Waals surface area contributed by atoms with Crippen molar-refractivity contribution in [3.63, 3.8) is 0 Å². The van der Waals surface area contributed by atoms with Crippen molar-refractivity contribution in [2.24, 2.45) is 0 Å². The number of anilines is 1. The topological polar surface area (TPSA) is 107 Å². The van der Waals surface area contributed by atoms with Crippen LogP contribution < -0.4 is 5.73 Å². The number of pyridine rings is 1. The van der Waals surface area contributed by atoms with E-state index in [9.17, 15) is 10.1 Å². The number of nitrogens with zero attached hydrogens (tertiary/aromatic N) is 3. The number of nitro groups is 1. The zero-order chi connectivity index (χ0) is 15.0.